The fourth-order valence-corrected chi connectivity index (χ4v) is 4.31. The normalized spacial score (nSPS) is 10.9. The van der Waals surface area contributed by atoms with Crippen molar-refractivity contribution in [2.75, 3.05) is 0 Å². The van der Waals surface area contributed by atoms with E-state index in [4.69, 9.17) is 21.3 Å². The third-order valence-corrected chi connectivity index (χ3v) is 6.03. The molecule has 0 aliphatic carbocycles. The SMILES string of the molecule is Cc1cc(C)c2nc(-c3ccc(Cl)cc3)cc(C(=O)Oc3ccccc3-c3ccccc3)c2c1. The van der Waals surface area contributed by atoms with Gasteiger partial charge in [0.2, 0.25) is 0 Å². The number of esters is 1. The maximum atomic E-state index is 13.6. The summed E-state index contributed by atoms with van der Waals surface area (Å²) in [5, 5.41) is 1.42. The molecule has 166 valence electrons. The molecular formula is C30H22ClNO2. The Hall–Kier alpha value is -3.95. The molecule has 5 rings (SSSR count). The average Bonchev–Trinajstić information content (AvgIpc) is 2.85. The van der Waals surface area contributed by atoms with Gasteiger partial charge in [-0.25, -0.2) is 9.78 Å². The quantitative estimate of drug-likeness (QED) is 0.200. The van der Waals surface area contributed by atoms with Crippen molar-refractivity contribution in [3.8, 4) is 28.1 Å². The molecular weight excluding hydrogens is 442 g/mol. The van der Waals surface area contributed by atoms with E-state index in [9.17, 15) is 4.79 Å². The van der Waals surface area contributed by atoms with Gasteiger partial charge in [-0.3, -0.25) is 0 Å². The number of nitrogens with zero attached hydrogens (tertiary/aromatic N) is 1. The molecule has 0 saturated heterocycles. The number of benzene rings is 4. The number of fused-ring (bicyclic) bond motifs is 1. The molecule has 0 aliphatic rings. The standard InChI is InChI=1S/C30H22ClNO2/c1-19-16-20(2)29-25(17-19)26(18-27(32-29)22-12-14-23(31)15-13-22)30(33)34-28-11-7-6-10-24(28)21-8-4-3-5-9-21/h3-18H,1-2H3. The topological polar surface area (TPSA) is 39.2 Å². The number of hydrogen-bond acceptors (Lipinski definition) is 3. The largest absolute Gasteiger partial charge is 0.422 e. The number of carbonyl (C=O) groups is 1. The molecule has 4 aromatic carbocycles. The lowest BCUT2D eigenvalue weighted by atomic mass is 9.99. The van der Waals surface area contributed by atoms with Crippen LogP contribution in [0.4, 0.5) is 0 Å². The van der Waals surface area contributed by atoms with Gasteiger partial charge in [0.05, 0.1) is 16.8 Å². The third kappa shape index (κ3) is 4.30. The van der Waals surface area contributed by atoms with Gasteiger partial charge in [-0.05, 0) is 55.3 Å². The molecule has 0 N–H and O–H groups in total. The van der Waals surface area contributed by atoms with Gasteiger partial charge >= 0.3 is 5.97 Å². The average molecular weight is 464 g/mol. The molecule has 0 aliphatic heterocycles. The summed E-state index contributed by atoms with van der Waals surface area (Å²) in [6.45, 7) is 4.02. The van der Waals surface area contributed by atoms with Gasteiger partial charge in [-0.15, -0.1) is 0 Å². The number of halogens is 1. The predicted molar refractivity (Wildman–Crippen MR) is 138 cm³/mol. The molecule has 0 amide bonds. The van der Waals surface area contributed by atoms with Crippen LogP contribution in [0.1, 0.15) is 21.5 Å². The van der Waals surface area contributed by atoms with Gasteiger partial charge in [0.25, 0.3) is 0 Å². The van der Waals surface area contributed by atoms with E-state index < -0.39 is 5.97 Å². The number of pyridine rings is 1. The van der Waals surface area contributed by atoms with E-state index in [0.29, 0.717) is 22.0 Å². The van der Waals surface area contributed by atoms with Crippen molar-refractivity contribution in [2.24, 2.45) is 0 Å². The lowest BCUT2D eigenvalue weighted by Crippen LogP contribution is -2.11. The number of para-hydroxylation sites is 1. The molecule has 0 spiro atoms. The summed E-state index contributed by atoms with van der Waals surface area (Å²) in [6.07, 6.45) is 0. The first-order valence-corrected chi connectivity index (χ1v) is 11.4. The van der Waals surface area contributed by atoms with Crippen molar-refractivity contribution in [2.45, 2.75) is 13.8 Å². The van der Waals surface area contributed by atoms with E-state index in [2.05, 4.69) is 6.07 Å². The van der Waals surface area contributed by atoms with Crippen LogP contribution in [0.25, 0.3) is 33.3 Å². The zero-order valence-electron chi connectivity index (χ0n) is 18.9. The Morgan fingerprint density at radius 1 is 0.794 bits per heavy atom. The van der Waals surface area contributed by atoms with Crippen molar-refractivity contribution >= 4 is 28.5 Å². The molecule has 0 atom stereocenters. The maximum Gasteiger partial charge on any atom is 0.344 e. The first kappa shape index (κ1) is 21.9. The van der Waals surface area contributed by atoms with Crippen molar-refractivity contribution in [1.82, 2.24) is 4.98 Å². The molecule has 1 heterocycles. The van der Waals surface area contributed by atoms with Gasteiger partial charge in [0.1, 0.15) is 5.75 Å². The second-order valence-corrected chi connectivity index (χ2v) is 8.73. The van der Waals surface area contributed by atoms with E-state index in [-0.39, 0.29) is 0 Å². The van der Waals surface area contributed by atoms with Crippen molar-refractivity contribution in [1.29, 1.82) is 0 Å². The van der Waals surface area contributed by atoms with Crippen LogP contribution in [0.5, 0.6) is 5.75 Å². The Morgan fingerprint density at radius 3 is 2.26 bits per heavy atom. The molecule has 3 nitrogen and oxygen atoms in total. The lowest BCUT2D eigenvalue weighted by Gasteiger charge is -2.14. The number of aromatic nitrogens is 1. The second kappa shape index (κ2) is 9.12. The van der Waals surface area contributed by atoms with Crippen LogP contribution in [0.3, 0.4) is 0 Å². The highest BCUT2D eigenvalue weighted by atomic mass is 35.5. The van der Waals surface area contributed by atoms with Gasteiger partial charge in [0.15, 0.2) is 0 Å². The Bertz CT molecular complexity index is 1510. The van der Waals surface area contributed by atoms with Crippen molar-refractivity contribution < 1.29 is 9.53 Å². The lowest BCUT2D eigenvalue weighted by molar-refractivity contribution is 0.0737. The zero-order valence-corrected chi connectivity index (χ0v) is 19.6. The fraction of sp³-hybridized carbons (Fsp3) is 0.0667. The first-order valence-electron chi connectivity index (χ1n) is 11.0. The van der Waals surface area contributed by atoms with Crippen LogP contribution in [-0.2, 0) is 0 Å². The van der Waals surface area contributed by atoms with Crippen LogP contribution in [0.15, 0.2) is 97.1 Å². The molecule has 1 aromatic heterocycles. The van der Waals surface area contributed by atoms with Crippen LogP contribution in [0, 0.1) is 13.8 Å². The number of ether oxygens (including phenoxy) is 1. The van der Waals surface area contributed by atoms with E-state index in [1.807, 2.05) is 98.8 Å². The van der Waals surface area contributed by atoms with Crippen molar-refractivity contribution in [3.63, 3.8) is 0 Å². The molecule has 4 heteroatoms. The first-order chi connectivity index (χ1) is 16.5. The molecule has 0 radical (unpaired) electrons. The predicted octanol–water partition coefficient (Wildman–Crippen LogP) is 8.06. The van der Waals surface area contributed by atoms with Crippen LogP contribution in [-0.4, -0.2) is 11.0 Å². The molecule has 5 aromatic rings. The van der Waals surface area contributed by atoms with Crippen LogP contribution >= 0.6 is 11.6 Å². The molecule has 0 bridgehead atoms. The Morgan fingerprint density at radius 2 is 1.50 bits per heavy atom. The summed E-state index contributed by atoms with van der Waals surface area (Å²) in [5.74, 6) is 0.0945. The zero-order chi connectivity index (χ0) is 23.7. The number of rotatable bonds is 4. The summed E-state index contributed by atoms with van der Waals surface area (Å²) in [4.78, 5) is 18.5. The highest BCUT2D eigenvalue weighted by Gasteiger charge is 2.19. The minimum Gasteiger partial charge on any atom is -0.422 e. The van der Waals surface area contributed by atoms with Gasteiger partial charge < -0.3 is 4.74 Å². The minimum atomic E-state index is -0.420. The Labute approximate surface area is 203 Å². The summed E-state index contributed by atoms with van der Waals surface area (Å²) in [6, 6.07) is 30.8. The van der Waals surface area contributed by atoms with E-state index in [0.717, 1.165) is 38.7 Å². The molecule has 34 heavy (non-hydrogen) atoms. The third-order valence-electron chi connectivity index (χ3n) is 5.78. The minimum absolute atomic E-state index is 0.420. The Balaban J connectivity index is 1.64. The van der Waals surface area contributed by atoms with Gasteiger partial charge in [-0.2, -0.15) is 0 Å². The number of hydrogen-bond donors (Lipinski definition) is 0. The summed E-state index contributed by atoms with van der Waals surface area (Å²) in [7, 11) is 0. The summed E-state index contributed by atoms with van der Waals surface area (Å²) >= 11 is 6.08. The van der Waals surface area contributed by atoms with E-state index >= 15 is 0 Å². The monoisotopic (exact) mass is 463 g/mol. The fourth-order valence-electron chi connectivity index (χ4n) is 4.18. The van der Waals surface area contributed by atoms with Crippen LogP contribution in [0.2, 0.25) is 5.02 Å². The highest BCUT2D eigenvalue weighted by Crippen LogP contribution is 2.33. The van der Waals surface area contributed by atoms with E-state index in [1.165, 1.54) is 0 Å². The number of aryl methyl sites for hydroxylation is 2. The van der Waals surface area contributed by atoms with Gasteiger partial charge in [0, 0.05) is 21.5 Å². The number of carbonyl (C=O) groups excluding carboxylic acids is 1. The van der Waals surface area contributed by atoms with Crippen molar-refractivity contribution in [3.05, 3.63) is 119 Å². The molecule has 0 unspecified atom stereocenters. The maximum absolute atomic E-state index is 13.6. The highest BCUT2D eigenvalue weighted by molar-refractivity contribution is 6.30. The van der Waals surface area contributed by atoms with E-state index in [1.54, 1.807) is 6.07 Å². The molecule has 0 saturated carbocycles. The molecule has 0 fully saturated rings. The van der Waals surface area contributed by atoms with Gasteiger partial charge in [-0.1, -0.05) is 83.9 Å². The summed E-state index contributed by atoms with van der Waals surface area (Å²) in [5.41, 5.74) is 6.74. The second-order valence-electron chi connectivity index (χ2n) is 8.29. The van der Waals surface area contributed by atoms with Crippen LogP contribution < -0.4 is 4.74 Å². The Kier molecular flexibility index (Phi) is 5.87. The smallest absolute Gasteiger partial charge is 0.344 e. The summed E-state index contributed by atoms with van der Waals surface area (Å²) < 4.78 is 6.00.